The van der Waals surface area contributed by atoms with Gasteiger partial charge in [-0.3, -0.25) is 14.6 Å². The fourth-order valence-electron chi connectivity index (χ4n) is 1.61. The van der Waals surface area contributed by atoms with Gasteiger partial charge in [0.2, 0.25) is 11.7 Å². The van der Waals surface area contributed by atoms with Crippen LogP contribution in [0, 0.1) is 0 Å². The molecular weight excluding hydrogens is 359 g/mol. The Hall–Kier alpha value is -2.65. The number of aromatic nitrogens is 3. The summed E-state index contributed by atoms with van der Waals surface area (Å²) in [6.07, 6.45) is 1.40. The highest BCUT2D eigenvalue weighted by molar-refractivity contribution is 6.43. The first kappa shape index (κ1) is 17.7. The lowest BCUT2D eigenvalue weighted by Crippen LogP contribution is -2.28. The number of rotatable bonds is 6. The summed E-state index contributed by atoms with van der Waals surface area (Å²) in [7, 11) is 0. The van der Waals surface area contributed by atoms with E-state index in [0.29, 0.717) is 15.6 Å². The molecule has 2 rings (SSSR count). The van der Waals surface area contributed by atoms with Crippen LogP contribution in [0.5, 0.6) is 0 Å². The van der Waals surface area contributed by atoms with Crippen molar-refractivity contribution < 1.29 is 4.79 Å². The standard InChI is InChI=1S/C13H12Cl2N6O3/c14-8-3-1-2-7(10(8)15)6-17-19-9(22)4-5-16-11-12(23)18-13(24)21-20-11/h1-3,6H,4-5H2,(H,16,20)(H,19,22)(H2,18,21,23,24). The molecule has 0 aliphatic carbocycles. The molecule has 0 bridgehead atoms. The second-order valence-electron chi connectivity index (χ2n) is 4.47. The molecular formula is C13H12Cl2N6O3. The van der Waals surface area contributed by atoms with Gasteiger partial charge >= 0.3 is 5.69 Å². The second kappa shape index (κ2) is 8.27. The molecule has 24 heavy (non-hydrogen) atoms. The van der Waals surface area contributed by atoms with Crippen molar-refractivity contribution in [1.82, 2.24) is 20.6 Å². The first-order valence-electron chi connectivity index (χ1n) is 6.66. The minimum atomic E-state index is -0.711. The number of amides is 1. The fraction of sp³-hybridized carbons (Fsp3) is 0.154. The number of nitrogens with one attached hydrogen (secondary N) is 4. The van der Waals surface area contributed by atoms with E-state index in [1.165, 1.54) is 6.21 Å². The van der Waals surface area contributed by atoms with E-state index in [9.17, 15) is 14.4 Å². The van der Waals surface area contributed by atoms with Gasteiger partial charge < -0.3 is 5.32 Å². The van der Waals surface area contributed by atoms with Gasteiger partial charge in [-0.15, -0.1) is 5.10 Å². The Bertz CT molecular complexity index is 876. The zero-order valence-electron chi connectivity index (χ0n) is 12.1. The molecule has 1 heterocycles. The number of H-pyrrole nitrogens is 2. The topological polar surface area (TPSA) is 132 Å². The zero-order valence-corrected chi connectivity index (χ0v) is 13.6. The molecule has 0 aliphatic heterocycles. The van der Waals surface area contributed by atoms with Gasteiger partial charge in [-0.25, -0.2) is 15.3 Å². The average molecular weight is 371 g/mol. The summed E-state index contributed by atoms with van der Waals surface area (Å²) in [5.41, 5.74) is 1.49. The molecule has 1 aromatic carbocycles. The molecule has 2 aromatic rings. The number of carbonyl (C=O) groups is 1. The summed E-state index contributed by atoms with van der Waals surface area (Å²) in [6.45, 7) is 0.126. The molecule has 0 saturated heterocycles. The minimum absolute atomic E-state index is 0.0286. The van der Waals surface area contributed by atoms with E-state index in [4.69, 9.17) is 23.2 Å². The zero-order chi connectivity index (χ0) is 17.5. The van der Waals surface area contributed by atoms with Gasteiger partial charge in [-0.2, -0.15) is 5.10 Å². The Labute approximate surface area is 145 Å². The van der Waals surface area contributed by atoms with Gasteiger partial charge in [0.05, 0.1) is 16.3 Å². The highest BCUT2D eigenvalue weighted by Gasteiger charge is 2.04. The van der Waals surface area contributed by atoms with Crippen molar-refractivity contribution in [2.45, 2.75) is 6.42 Å². The highest BCUT2D eigenvalue weighted by Crippen LogP contribution is 2.23. The van der Waals surface area contributed by atoms with Crippen molar-refractivity contribution in [3.05, 3.63) is 54.6 Å². The number of benzene rings is 1. The van der Waals surface area contributed by atoms with Gasteiger partial charge in [-0.05, 0) is 6.07 Å². The molecule has 1 amide bonds. The van der Waals surface area contributed by atoms with Crippen LogP contribution in [-0.4, -0.2) is 33.8 Å². The number of hydrazone groups is 1. The highest BCUT2D eigenvalue weighted by atomic mass is 35.5. The Morgan fingerprint density at radius 1 is 1.33 bits per heavy atom. The van der Waals surface area contributed by atoms with Crippen molar-refractivity contribution in [3.63, 3.8) is 0 Å². The molecule has 0 aliphatic rings. The van der Waals surface area contributed by atoms with Crippen molar-refractivity contribution in [2.75, 3.05) is 11.9 Å². The number of nitrogens with zero attached hydrogens (tertiary/aromatic N) is 2. The summed E-state index contributed by atoms with van der Waals surface area (Å²) in [5.74, 6) is -0.477. The number of aromatic amines is 2. The van der Waals surface area contributed by atoms with Crippen LogP contribution in [0.4, 0.5) is 5.82 Å². The Morgan fingerprint density at radius 3 is 2.88 bits per heavy atom. The van der Waals surface area contributed by atoms with Gasteiger partial charge in [0, 0.05) is 18.5 Å². The first-order valence-corrected chi connectivity index (χ1v) is 7.42. The number of hydrogen-bond donors (Lipinski definition) is 4. The fourth-order valence-corrected chi connectivity index (χ4v) is 1.97. The smallest absolute Gasteiger partial charge is 0.342 e. The van der Waals surface area contributed by atoms with Crippen LogP contribution in [-0.2, 0) is 4.79 Å². The number of halogens is 2. The first-order chi connectivity index (χ1) is 11.5. The van der Waals surface area contributed by atoms with E-state index in [0.717, 1.165) is 0 Å². The third-order valence-electron chi connectivity index (χ3n) is 2.73. The molecule has 9 nitrogen and oxygen atoms in total. The molecule has 0 spiro atoms. The molecule has 4 N–H and O–H groups in total. The van der Waals surface area contributed by atoms with E-state index < -0.39 is 17.2 Å². The SMILES string of the molecule is O=C(CCNc1n[nH]c(=O)[nH]c1=O)NN=Cc1cccc(Cl)c1Cl. The van der Waals surface area contributed by atoms with Crippen molar-refractivity contribution in [1.29, 1.82) is 0 Å². The average Bonchev–Trinajstić information content (AvgIpc) is 2.53. The number of carbonyl (C=O) groups excluding carboxylic acids is 1. The van der Waals surface area contributed by atoms with Crippen LogP contribution in [0.1, 0.15) is 12.0 Å². The molecule has 0 unspecified atom stereocenters. The molecule has 0 radical (unpaired) electrons. The monoisotopic (exact) mass is 370 g/mol. The van der Waals surface area contributed by atoms with E-state index >= 15 is 0 Å². The minimum Gasteiger partial charge on any atom is -0.364 e. The molecule has 0 saturated carbocycles. The van der Waals surface area contributed by atoms with Gasteiger partial charge in [0.1, 0.15) is 0 Å². The maximum atomic E-state index is 11.6. The summed E-state index contributed by atoms with van der Waals surface area (Å²) < 4.78 is 0. The van der Waals surface area contributed by atoms with Crippen LogP contribution < -0.4 is 22.0 Å². The molecule has 126 valence electrons. The lowest BCUT2D eigenvalue weighted by molar-refractivity contribution is -0.120. The van der Waals surface area contributed by atoms with Crippen molar-refractivity contribution >= 4 is 41.1 Å². The van der Waals surface area contributed by atoms with E-state index in [2.05, 4.69) is 26.0 Å². The summed E-state index contributed by atoms with van der Waals surface area (Å²) in [6, 6.07) is 5.04. The van der Waals surface area contributed by atoms with Crippen LogP contribution >= 0.6 is 23.2 Å². The Kier molecular flexibility index (Phi) is 6.10. The van der Waals surface area contributed by atoms with E-state index in [-0.39, 0.29) is 18.8 Å². The van der Waals surface area contributed by atoms with Crippen LogP contribution in [0.15, 0.2) is 32.9 Å². The van der Waals surface area contributed by atoms with Crippen molar-refractivity contribution in [2.24, 2.45) is 5.10 Å². The third kappa shape index (κ3) is 4.93. The Morgan fingerprint density at radius 2 is 2.12 bits per heavy atom. The van der Waals surface area contributed by atoms with Crippen LogP contribution in [0.25, 0.3) is 0 Å². The maximum Gasteiger partial charge on any atom is 0.342 e. The van der Waals surface area contributed by atoms with E-state index in [1.54, 1.807) is 18.2 Å². The lowest BCUT2D eigenvalue weighted by Gasteiger charge is -2.03. The predicted octanol–water partition coefficient (Wildman–Crippen LogP) is 0.717. The molecule has 1 aromatic heterocycles. The van der Waals surface area contributed by atoms with Crippen molar-refractivity contribution in [3.8, 4) is 0 Å². The number of anilines is 1. The predicted molar refractivity (Wildman–Crippen MR) is 90.8 cm³/mol. The summed E-state index contributed by atoms with van der Waals surface area (Å²) in [5, 5.41) is 12.7. The van der Waals surface area contributed by atoms with Gasteiger partial charge in [-0.1, -0.05) is 35.3 Å². The third-order valence-corrected chi connectivity index (χ3v) is 3.56. The quantitative estimate of drug-likeness (QED) is 0.439. The van der Waals surface area contributed by atoms with Crippen LogP contribution in [0.3, 0.4) is 0 Å². The Balaban J connectivity index is 1.81. The van der Waals surface area contributed by atoms with E-state index in [1.807, 2.05) is 4.98 Å². The normalized spacial score (nSPS) is 10.8. The largest absolute Gasteiger partial charge is 0.364 e. The number of hydrogen-bond acceptors (Lipinski definition) is 6. The lowest BCUT2D eigenvalue weighted by atomic mass is 10.2. The van der Waals surface area contributed by atoms with Crippen LogP contribution in [0.2, 0.25) is 10.0 Å². The van der Waals surface area contributed by atoms with Gasteiger partial charge in [0.25, 0.3) is 5.56 Å². The van der Waals surface area contributed by atoms with Gasteiger partial charge in [0.15, 0.2) is 0 Å². The second-order valence-corrected chi connectivity index (χ2v) is 5.25. The summed E-state index contributed by atoms with van der Waals surface area (Å²) in [4.78, 5) is 35.8. The molecule has 0 fully saturated rings. The summed E-state index contributed by atoms with van der Waals surface area (Å²) >= 11 is 11.8. The maximum absolute atomic E-state index is 11.6. The molecule has 11 heteroatoms. The molecule has 0 atom stereocenters.